The van der Waals surface area contributed by atoms with Crippen LogP contribution in [0.3, 0.4) is 0 Å². The first-order valence-corrected chi connectivity index (χ1v) is 5.22. The average Bonchev–Trinajstić information content (AvgIpc) is 2.18. The molecule has 0 aliphatic heterocycles. The zero-order valence-electron chi connectivity index (χ0n) is 8.22. The van der Waals surface area contributed by atoms with Gasteiger partial charge >= 0.3 is 6.61 Å². The minimum atomic E-state index is -3.02. The minimum Gasteiger partial charge on any atom is -0.434 e. The molecule has 88 valence electrons. The predicted octanol–water partition coefficient (Wildman–Crippen LogP) is 3.45. The largest absolute Gasteiger partial charge is 0.434 e. The Morgan fingerprint density at radius 2 is 2.06 bits per heavy atom. The Balaban J connectivity index is 3.12. The molecule has 0 spiro atoms. The van der Waals surface area contributed by atoms with E-state index in [-0.39, 0.29) is 17.1 Å². The van der Waals surface area contributed by atoms with E-state index in [1.165, 1.54) is 6.92 Å². The van der Waals surface area contributed by atoms with E-state index >= 15 is 0 Å². The summed E-state index contributed by atoms with van der Waals surface area (Å²) in [5.74, 6) is -1.17. The summed E-state index contributed by atoms with van der Waals surface area (Å²) < 4.78 is 41.2. The average molecular weight is 297 g/mol. The standard InChI is InChI=1S/C10H8BrF3O2/c1-5(15)9(11)7-4-6(12)2-3-8(7)16-10(13)14/h2-4,9-10H,1H3. The Morgan fingerprint density at radius 3 is 2.56 bits per heavy atom. The van der Waals surface area contributed by atoms with Crippen LogP contribution < -0.4 is 4.74 Å². The van der Waals surface area contributed by atoms with Gasteiger partial charge in [0, 0.05) is 5.56 Å². The summed E-state index contributed by atoms with van der Waals surface area (Å²) in [4.78, 5) is 10.2. The Bertz CT molecular complexity index is 396. The van der Waals surface area contributed by atoms with E-state index in [1.807, 2.05) is 0 Å². The van der Waals surface area contributed by atoms with Gasteiger partial charge in [0.2, 0.25) is 0 Å². The van der Waals surface area contributed by atoms with Gasteiger partial charge in [0.1, 0.15) is 22.2 Å². The first-order chi connectivity index (χ1) is 7.41. The number of benzene rings is 1. The molecule has 0 saturated heterocycles. The molecule has 0 aromatic heterocycles. The smallest absolute Gasteiger partial charge is 0.387 e. The van der Waals surface area contributed by atoms with Crippen molar-refractivity contribution in [2.75, 3.05) is 0 Å². The van der Waals surface area contributed by atoms with Gasteiger partial charge < -0.3 is 4.74 Å². The molecule has 0 fully saturated rings. The Morgan fingerprint density at radius 1 is 1.44 bits per heavy atom. The van der Waals surface area contributed by atoms with Crippen molar-refractivity contribution in [3.63, 3.8) is 0 Å². The third-order valence-electron chi connectivity index (χ3n) is 1.82. The fourth-order valence-corrected chi connectivity index (χ4v) is 1.50. The first kappa shape index (κ1) is 13.0. The number of alkyl halides is 3. The number of ketones is 1. The minimum absolute atomic E-state index is 0.0489. The topological polar surface area (TPSA) is 26.3 Å². The Kier molecular flexibility index (Phi) is 4.35. The second kappa shape index (κ2) is 5.34. The van der Waals surface area contributed by atoms with Crippen molar-refractivity contribution in [1.29, 1.82) is 0 Å². The van der Waals surface area contributed by atoms with Gasteiger partial charge in [0.25, 0.3) is 0 Å². The third kappa shape index (κ3) is 3.23. The van der Waals surface area contributed by atoms with Crippen LogP contribution in [0.1, 0.15) is 17.3 Å². The van der Waals surface area contributed by atoms with Gasteiger partial charge in [-0.3, -0.25) is 4.79 Å². The molecule has 2 nitrogen and oxygen atoms in total. The second-order valence-electron chi connectivity index (χ2n) is 3.03. The van der Waals surface area contributed by atoms with Gasteiger partial charge in [-0.2, -0.15) is 8.78 Å². The highest BCUT2D eigenvalue weighted by Gasteiger charge is 2.20. The second-order valence-corrected chi connectivity index (χ2v) is 3.95. The van der Waals surface area contributed by atoms with Gasteiger partial charge in [-0.1, -0.05) is 15.9 Å². The highest BCUT2D eigenvalue weighted by molar-refractivity contribution is 9.09. The van der Waals surface area contributed by atoms with Gasteiger partial charge in [0.05, 0.1) is 0 Å². The van der Waals surface area contributed by atoms with Crippen LogP contribution in [0.25, 0.3) is 0 Å². The maximum Gasteiger partial charge on any atom is 0.387 e. The molecule has 16 heavy (non-hydrogen) atoms. The fourth-order valence-electron chi connectivity index (χ4n) is 1.14. The van der Waals surface area contributed by atoms with E-state index in [0.717, 1.165) is 18.2 Å². The van der Waals surface area contributed by atoms with Gasteiger partial charge in [0.15, 0.2) is 0 Å². The lowest BCUT2D eigenvalue weighted by atomic mass is 10.1. The van der Waals surface area contributed by atoms with Crippen LogP contribution in [-0.2, 0) is 4.79 Å². The maximum atomic E-state index is 12.9. The van der Waals surface area contributed by atoms with Crippen molar-refractivity contribution in [3.05, 3.63) is 29.6 Å². The molecule has 0 amide bonds. The van der Waals surface area contributed by atoms with Crippen LogP contribution in [0, 0.1) is 5.82 Å². The lowest BCUT2D eigenvalue weighted by Crippen LogP contribution is -2.08. The van der Waals surface area contributed by atoms with E-state index in [1.54, 1.807) is 0 Å². The molecule has 0 N–H and O–H groups in total. The van der Waals surface area contributed by atoms with Crippen molar-refractivity contribution in [2.45, 2.75) is 18.4 Å². The maximum absolute atomic E-state index is 12.9. The molecule has 1 aromatic carbocycles. The van der Waals surface area contributed by atoms with Crippen LogP contribution in [-0.4, -0.2) is 12.4 Å². The molecule has 0 radical (unpaired) electrons. The van der Waals surface area contributed by atoms with E-state index in [4.69, 9.17) is 0 Å². The van der Waals surface area contributed by atoms with E-state index < -0.39 is 17.3 Å². The number of carbonyl (C=O) groups is 1. The predicted molar refractivity (Wildman–Crippen MR) is 55.4 cm³/mol. The number of carbonyl (C=O) groups excluding carboxylic acids is 1. The first-order valence-electron chi connectivity index (χ1n) is 4.30. The van der Waals surface area contributed by atoms with Crippen LogP contribution in [0.5, 0.6) is 5.75 Å². The summed E-state index contributed by atoms with van der Waals surface area (Å²) >= 11 is 2.98. The lowest BCUT2D eigenvalue weighted by Gasteiger charge is -2.13. The monoisotopic (exact) mass is 296 g/mol. The molecule has 1 atom stereocenters. The molecule has 6 heteroatoms. The molecule has 0 heterocycles. The van der Waals surface area contributed by atoms with Crippen molar-refractivity contribution < 1.29 is 22.7 Å². The molecule has 0 saturated carbocycles. The Hall–Kier alpha value is -1.04. The molecule has 1 unspecified atom stereocenters. The quantitative estimate of drug-likeness (QED) is 0.796. The molecule has 0 aliphatic rings. The molecular formula is C10H8BrF3O2. The van der Waals surface area contributed by atoms with Gasteiger partial charge in [-0.15, -0.1) is 0 Å². The Labute approximate surface area is 98.5 Å². The van der Waals surface area contributed by atoms with Crippen molar-refractivity contribution in [2.24, 2.45) is 0 Å². The zero-order valence-corrected chi connectivity index (χ0v) is 9.80. The zero-order chi connectivity index (χ0) is 12.3. The fraction of sp³-hybridized carbons (Fsp3) is 0.300. The van der Waals surface area contributed by atoms with Crippen LogP contribution >= 0.6 is 15.9 Å². The number of halogens is 4. The number of rotatable bonds is 4. The van der Waals surface area contributed by atoms with E-state index in [0.29, 0.717) is 0 Å². The molecule has 0 bridgehead atoms. The summed E-state index contributed by atoms with van der Waals surface area (Å²) in [6.07, 6.45) is 0. The van der Waals surface area contributed by atoms with Crippen molar-refractivity contribution in [3.8, 4) is 5.75 Å². The summed E-state index contributed by atoms with van der Waals surface area (Å²) in [5, 5.41) is 0. The molecule has 1 rings (SSSR count). The highest BCUT2D eigenvalue weighted by Crippen LogP contribution is 2.33. The summed E-state index contributed by atoms with van der Waals surface area (Å²) in [6.45, 7) is -1.76. The number of ether oxygens (including phenoxy) is 1. The number of hydrogen-bond donors (Lipinski definition) is 0. The van der Waals surface area contributed by atoms with Crippen molar-refractivity contribution in [1.82, 2.24) is 0 Å². The van der Waals surface area contributed by atoms with E-state index in [9.17, 15) is 18.0 Å². The molecular weight excluding hydrogens is 289 g/mol. The lowest BCUT2D eigenvalue weighted by molar-refractivity contribution is -0.116. The summed E-state index contributed by atoms with van der Waals surface area (Å²) in [5.41, 5.74) is 0.0489. The number of hydrogen-bond acceptors (Lipinski definition) is 2. The highest BCUT2D eigenvalue weighted by atomic mass is 79.9. The summed E-state index contributed by atoms with van der Waals surface area (Å²) in [6, 6.07) is 3.04. The van der Waals surface area contributed by atoms with E-state index in [2.05, 4.69) is 20.7 Å². The van der Waals surface area contributed by atoms with Gasteiger partial charge in [-0.05, 0) is 25.1 Å². The molecule has 0 aliphatic carbocycles. The van der Waals surface area contributed by atoms with Crippen LogP contribution in [0.15, 0.2) is 18.2 Å². The summed E-state index contributed by atoms with van der Waals surface area (Å²) in [7, 11) is 0. The van der Waals surface area contributed by atoms with Crippen LogP contribution in [0.2, 0.25) is 0 Å². The number of Topliss-reactive ketones (excluding diaryl/α,β-unsaturated/α-hetero) is 1. The van der Waals surface area contributed by atoms with Gasteiger partial charge in [-0.25, -0.2) is 4.39 Å². The normalized spacial score (nSPS) is 12.6. The third-order valence-corrected chi connectivity index (χ3v) is 2.96. The van der Waals surface area contributed by atoms with Crippen molar-refractivity contribution >= 4 is 21.7 Å². The van der Waals surface area contributed by atoms with Crippen LogP contribution in [0.4, 0.5) is 13.2 Å². The SMILES string of the molecule is CC(=O)C(Br)c1cc(F)ccc1OC(F)F. The molecule has 1 aromatic rings.